The van der Waals surface area contributed by atoms with Gasteiger partial charge in [-0.2, -0.15) is 0 Å². The number of urea groups is 1. The van der Waals surface area contributed by atoms with Crippen molar-refractivity contribution in [1.29, 1.82) is 0 Å². The lowest BCUT2D eigenvalue weighted by molar-refractivity contribution is -0.135. The van der Waals surface area contributed by atoms with Crippen molar-refractivity contribution in [2.24, 2.45) is 0 Å². The molecule has 0 saturated carbocycles. The van der Waals surface area contributed by atoms with Crippen LogP contribution in [0.25, 0.3) is 0 Å². The molecule has 2 aromatic carbocycles. The smallest absolute Gasteiger partial charge is 0.325 e. The summed E-state index contributed by atoms with van der Waals surface area (Å²) in [7, 11) is 0. The van der Waals surface area contributed by atoms with Crippen molar-refractivity contribution in [2.75, 3.05) is 6.54 Å². The molecule has 2 aromatic rings. The van der Waals surface area contributed by atoms with Crippen LogP contribution in [0, 0.1) is 0 Å². The molecule has 1 atom stereocenters. The number of nitrogens with zero attached hydrogens (tertiary/aromatic N) is 1. The number of carbonyl (C=O) groups is 3. The van der Waals surface area contributed by atoms with Crippen LogP contribution in [0.2, 0.25) is 5.02 Å². The number of hydrogen-bond acceptors (Lipinski definition) is 3. The van der Waals surface area contributed by atoms with E-state index in [0.717, 1.165) is 10.5 Å². The summed E-state index contributed by atoms with van der Waals surface area (Å²) in [6.07, 6.45) is 0.362. The molecule has 0 bridgehead atoms. The number of rotatable bonds is 6. The highest BCUT2D eigenvalue weighted by Crippen LogP contribution is 2.32. The van der Waals surface area contributed by atoms with Gasteiger partial charge in [0.2, 0.25) is 5.91 Å². The highest BCUT2D eigenvalue weighted by atomic mass is 35.5. The lowest BCUT2D eigenvalue weighted by atomic mass is 9.87. The van der Waals surface area contributed by atoms with Crippen LogP contribution >= 0.6 is 11.6 Å². The van der Waals surface area contributed by atoms with Gasteiger partial charge >= 0.3 is 6.03 Å². The summed E-state index contributed by atoms with van der Waals surface area (Å²) in [6, 6.07) is 15.6. The van der Waals surface area contributed by atoms with Gasteiger partial charge in [-0.05, 0) is 29.7 Å². The van der Waals surface area contributed by atoms with Crippen molar-refractivity contribution in [3.05, 3.63) is 70.7 Å². The molecule has 3 rings (SSSR count). The second-order valence-electron chi connectivity index (χ2n) is 6.35. The monoisotopic (exact) mass is 385 g/mol. The molecule has 0 aliphatic carbocycles. The lowest BCUT2D eigenvalue weighted by Crippen LogP contribution is -2.44. The third-order valence-electron chi connectivity index (χ3n) is 4.68. The summed E-state index contributed by atoms with van der Waals surface area (Å²) >= 11 is 5.92. The van der Waals surface area contributed by atoms with E-state index in [1.165, 1.54) is 0 Å². The molecular formula is C20H20ClN3O3. The first kappa shape index (κ1) is 18.9. The van der Waals surface area contributed by atoms with E-state index in [4.69, 9.17) is 11.6 Å². The molecule has 7 heteroatoms. The zero-order valence-electron chi connectivity index (χ0n) is 14.9. The SMILES string of the molecule is CCC1(c2ccc(Cl)cc2)NC(=O)N(CC(=O)NCc2ccccc2)C1=O. The Labute approximate surface area is 162 Å². The molecular weight excluding hydrogens is 366 g/mol. The Bertz CT molecular complexity index is 855. The van der Waals surface area contributed by atoms with Crippen LogP contribution in [0.1, 0.15) is 24.5 Å². The molecule has 1 aliphatic rings. The Balaban J connectivity index is 1.71. The van der Waals surface area contributed by atoms with Gasteiger partial charge in [-0.15, -0.1) is 0 Å². The van der Waals surface area contributed by atoms with Crippen molar-refractivity contribution in [3.63, 3.8) is 0 Å². The topological polar surface area (TPSA) is 78.5 Å². The number of benzene rings is 2. The van der Waals surface area contributed by atoms with Crippen molar-refractivity contribution >= 4 is 29.4 Å². The van der Waals surface area contributed by atoms with E-state index in [9.17, 15) is 14.4 Å². The zero-order valence-corrected chi connectivity index (χ0v) is 15.6. The molecule has 1 saturated heterocycles. The van der Waals surface area contributed by atoms with Crippen LogP contribution in [0.5, 0.6) is 0 Å². The fraction of sp³-hybridized carbons (Fsp3) is 0.250. The van der Waals surface area contributed by atoms with E-state index in [-0.39, 0.29) is 6.54 Å². The quantitative estimate of drug-likeness (QED) is 0.750. The number of amides is 4. The van der Waals surface area contributed by atoms with Crippen LogP contribution in [0.4, 0.5) is 4.79 Å². The molecule has 27 heavy (non-hydrogen) atoms. The van der Waals surface area contributed by atoms with Gasteiger partial charge in [0, 0.05) is 11.6 Å². The number of imide groups is 1. The first-order valence-corrected chi connectivity index (χ1v) is 9.05. The van der Waals surface area contributed by atoms with E-state index in [1.54, 1.807) is 24.3 Å². The number of nitrogens with one attached hydrogen (secondary N) is 2. The van der Waals surface area contributed by atoms with Gasteiger partial charge in [0.15, 0.2) is 0 Å². The van der Waals surface area contributed by atoms with Crippen LogP contribution in [0.3, 0.4) is 0 Å². The van der Waals surface area contributed by atoms with Gasteiger partial charge < -0.3 is 10.6 Å². The Morgan fingerprint density at radius 1 is 1.11 bits per heavy atom. The molecule has 0 radical (unpaired) electrons. The van der Waals surface area contributed by atoms with Crippen LogP contribution in [-0.2, 0) is 21.7 Å². The van der Waals surface area contributed by atoms with E-state index in [0.29, 0.717) is 23.6 Å². The van der Waals surface area contributed by atoms with E-state index >= 15 is 0 Å². The van der Waals surface area contributed by atoms with Gasteiger partial charge in [0.1, 0.15) is 12.1 Å². The minimum atomic E-state index is -1.18. The maximum absolute atomic E-state index is 13.0. The fourth-order valence-corrected chi connectivity index (χ4v) is 3.27. The van der Waals surface area contributed by atoms with Gasteiger partial charge in [-0.3, -0.25) is 14.5 Å². The van der Waals surface area contributed by atoms with Crippen LogP contribution in [0.15, 0.2) is 54.6 Å². The summed E-state index contributed by atoms with van der Waals surface area (Å²) in [5.74, 6) is -0.836. The van der Waals surface area contributed by atoms with E-state index in [2.05, 4.69) is 10.6 Å². The van der Waals surface area contributed by atoms with Crippen molar-refractivity contribution in [2.45, 2.75) is 25.4 Å². The number of carbonyl (C=O) groups excluding carboxylic acids is 3. The maximum Gasteiger partial charge on any atom is 0.325 e. The second-order valence-corrected chi connectivity index (χ2v) is 6.79. The molecule has 0 aromatic heterocycles. The average molecular weight is 386 g/mol. The maximum atomic E-state index is 13.0. The highest BCUT2D eigenvalue weighted by molar-refractivity contribution is 6.30. The summed E-state index contributed by atoms with van der Waals surface area (Å²) in [5, 5.41) is 6.02. The Hall–Kier alpha value is -2.86. The van der Waals surface area contributed by atoms with Crippen molar-refractivity contribution in [3.8, 4) is 0 Å². The van der Waals surface area contributed by atoms with Crippen LogP contribution in [-0.4, -0.2) is 29.3 Å². The lowest BCUT2D eigenvalue weighted by Gasteiger charge is -2.25. The normalized spacial score (nSPS) is 19.1. The first-order chi connectivity index (χ1) is 13.0. The molecule has 140 valence electrons. The summed E-state index contributed by atoms with van der Waals surface area (Å²) in [6.45, 7) is 1.82. The predicted octanol–water partition coefficient (Wildman–Crippen LogP) is 2.81. The summed E-state index contributed by atoms with van der Waals surface area (Å²) in [4.78, 5) is 38.6. The van der Waals surface area contributed by atoms with Gasteiger partial charge in [0.25, 0.3) is 5.91 Å². The van der Waals surface area contributed by atoms with E-state index < -0.39 is 23.4 Å². The highest BCUT2D eigenvalue weighted by Gasteiger charge is 2.51. The average Bonchev–Trinajstić information content (AvgIpc) is 2.93. The fourth-order valence-electron chi connectivity index (χ4n) is 3.14. The molecule has 2 N–H and O–H groups in total. The number of hydrogen-bond donors (Lipinski definition) is 2. The Kier molecular flexibility index (Phi) is 5.46. The standard InChI is InChI=1S/C20H20ClN3O3/c1-2-20(15-8-10-16(21)11-9-15)18(26)24(19(27)23-20)13-17(25)22-12-14-6-4-3-5-7-14/h3-11H,2,12-13H2,1H3,(H,22,25)(H,23,27). The largest absolute Gasteiger partial charge is 0.350 e. The van der Waals surface area contributed by atoms with Gasteiger partial charge in [-0.25, -0.2) is 4.79 Å². The molecule has 1 heterocycles. The van der Waals surface area contributed by atoms with E-state index in [1.807, 2.05) is 37.3 Å². The molecule has 4 amide bonds. The van der Waals surface area contributed by atoms with Gasteiger partial charge in [-0.1, -0.05) is 61.0 Å². The third kappa shape index (κ3) is 3.80. The minimum absolute atomic E-state index is 0.327. The molecule has 0 spiro atoms. The van der Waals surface area contributed by atoms with Crippen LogP contribution < -0.4 is 10.6 Å². The molecule has 1 fully saturated rings. The molecule has 6 nitrogen and oxygen atoms in total. The molecule has 1 aliphatic heterocycles. The third-order valence-corrected chi connectivity index (χ3v) is 4.93. The minimum Gasteiger partial charge on any atom is -0.350 e. The second kappa shape index (κ2) is 7.80. The predicted molar refractivity (Wildman–Crippen MR) is 102 cm³/mol. The Morgan fingerprint density at radius 2 is 1.78 bits per heavy atom. The molecule has 1 unspecified atom stereocenters. The zero-order chi connectivity index (χ0) is 19.4. The first-order valence-electron chi connectivity index (χ1n) is 8.67. The van der Waals surface area contributed by atoms with Crippen molar-refractivity contribution < 1.29 is 14.4 Å². The van der Waals surface area contributed by atoms with Gasteiger partial charge in [0.05, 0.1) is 0 Å². The summed E-state index contributed by atoms with van der Waals surface area (Å²) in [5.41, 5.74) is 0.397. The van der Waals surface area contributed by atoms with Crippen molar-refractivity contribution in [1.82, 2.24) is 15.5 Å². The Morgan fingerprint density at radius 3 is 2.41 bits per heavy atom. The number of halogens is 1. The summed E-state index contributed by atoms with van der Waals surface area (Å²) < 4.78 is 0.